The lowest BCUT2D eigenvalue weighted by atomic mass is 10.0. The van der Waals surface area contributed by atoms with E-state index >= 15 is 0 Å². The molecule has 12 aromatic rings. The predicted octanol–water partition coefficient (Wildman–Crippen LogP) is 10.4. The summed E-state index contributed by atoms with van der Waals surface area (Å²) >= 11 is 0. The number of piperidine rings is 1. The van der Waals surface area contributed by atoms with E-state index in [-0.39, 0.29) is 54.1 Å². The average Bonchev–Trinajstić information content (AvgIpc) is 1.65. The molecule has 32 nitrogen and oxygen atoms in total. The number of anilines is 6. The highest BCUT2D eigenvalue weighted by atomic mass is 16.5. The minimum atomic E-state index is -0.0636. The van der Waals surface area contributed by atoms with E-state index in [1.54, 1.807) is 49.7 Å². The van der Waals surface area contributed by atoms with Crippen LogP contribution in [0.3, 0.4) is 0 Å². The normalized spacial score (nSPS) is 16.7. The number of likely N-dealkylation sites (N-methyl/N-ethyl adjacent to an activating group) is 3. The number of rotatable bonds is 34. The third-order valence-electron chi connectivity index (χ3n) is 24.8. The number of aromatic nitrogens is 12. The van der Waals surface area contributed by atoms with Gasteiger partial charge in [-0.3, -0.25) is 38.9 Å². The van der Waals surface area contributed by atoms with Crippen molar-refractivity contribution < 1.29 is 38.2 Å². The second-order valence-corrected chi connectivity index (χ2v) is 36.6. The van der Waals surface area contributed by atoms with Crippen LogP contribution >= 0.6 is 0 Å². The molecule has 0 saturated carbocycles. The maximum absolute atomic E-state index is 13.1. The number of hydrogen-bond acceptors (Lipinski definition) is 27. The van der Waals surface area contributed by atoms with Gasteiger partial charge in [-0.15, -0.1) is 0 Å². The quantitative estimate of drug-likeness (QED) is 0.0161. The van der Waals surface area contributed by atoms with Gasteiger partial charge in [-0.05, 0) is 163 Å². The van der Waals surface area contributed by atoms with Crippen LogP contribution in [0.25, 0.3) is 66.9 Å². The van der Waals surface area contributed by atoms with E-state index in [0.29, 0.717) is 71.4 Å². The lowest BCUT2D eigenvalue weighted by molar-refractivity contribution is -0.118. The molecule has 18 rings (SSSR count). The number of ether oxygens (including phenoxy) is 3. The topological polar surface area (TPSA) is 342 Å². The van der Waals surface area contributed by atoms with Gasteiger partial charge in [0, 0.05) is 236 Å². The van der Waals surface area contributed by atoms with E-state index < -0.39 is 0 Å². The van der Waals surface area contributed by atoms with Crippen LogP contribution in [0.5, 0.6) is 0 Å². The molecule has 0 radical (unpaired) electrons. The minimum Gasteiger partial charge on any atom is -0.379 e. The number of allylic oxidation sites excluding steroid dienone is 1. The van der Waals surface area contributed by atoms with Crippen LogP contribution in [0.2, 0.25) is 0 Å². The number of fused-ring (bicyclic) bond motifs is 3. The zero-order chi connectivity index (χ0) is 94.4. The highest BCUT2D eigenvalue weighted by Gasteiger charge is 2.30. The molecule has 708 valence electrons. The molecule has 2 atom stereocenters. The monoisotopic (exact) mass is 1840 g/mol. The Morgan fingerprint density at radius 1 is 0.397 bits per heavy atom. The molecule has 6 aliphatic heterocycles. The Hall–Kier alpha value is -13.8. The first-order valence-electron chi connectivity index (χ1n) is 47.1. The molecule has 15 heterocycles. The van der Waals surface area contributed by atoms with Gasteiger partial charge < -0.3 is 89.2 Å². The number of carbonyl (C=O) groups excluding carboxylic acids is 5. The number of morpholine rings is 3. The van der Waals surface area contributed by atoms with Gasteiger partial charge >= 0.3 is 0 Å². The first-order valence-corrected chi connectivity index (χ1v) is 47.1. The number of H-pyrrole nitrogens is 3. The van der Waals surface area contributed by atoms with Crippen LogP contribution in [0, 0.1) is 0 Å². The van der Waals surface area contributed by atoms with E-state index in [1.165, 1.54) is 0 Å². The summed E-state index contributed by atoms with van der Waals surface area (Å²) in [4.78, 5) is 134. The largest absolute Gasteiger partial charge is 0.379 e. The molecule has 6 N–H and O–H groups in total. The number of benzene rings is 3. The first-order chi connectivity index (χ1) is 66.1. The maximum Gasteiger partial charge on any atom is 0.244 e. The smallest absolute Gasteiger partial charge is 0.244 e. The molecular weight excluding hydrogens is 1710 g/mol. The summed E-state index contributed by atoms with van der Waals surface area (Å²) in [5.41, 5.74) is 18.7. The van der Waals surface area contributed by atoms with Gasteiger partial charge in [0.2, 0.25) is 11.8 Å². The molecule has 3 aromatic carbocycles. The van der Waals surface area contributed by atoms with Crippen molar-refractivity contribution >= 4 is 96.8 Å². The molecule has 6 aliphatic rings. The molecule has 2 amide bonds. The van der Waals surface area contributed by atoms with Crippen molar-refractivity contribution in [1.29, 1.82) is 0 Å². The molecule has 9 aromatic heterocycles. The van der Waals surface area contributed by atoms with Gasteiger partial charge in [0.05, 0.1) is 61.8 Å². The number of hydrogen-bond donors (Lipinski definition) is 6. The van der Waals surface area contributed by atoms with E-state index in [9.17, 15) is 24.0 Å². The van der Waals surface area contributed by atoms with Crippen LogP contribution in [-0.4, -0.2) is 302 Å². The number of amides is 2. The van der Waals surface area contributed by atoms with Crippen LogP contribution in [-0.2, 0) is 76.7 Å². The standard InChI is InChI=1S/C36H44N8O3.C34H40N8O3.C34H40N8O2/c1-25(22-42(2)3)17-34(46)40-28-5-4-12-44(23-28)30-10-11-37-29(19-30)20-31(45)18-26-6-8-27(9-7-26)33-21-32-35(41-33)38-24-39-36(32)43-13-15-47-16-14-43;1-40(2)12-3-4-32(44)38-26-10-13-42(22-26)28-9-11-35-27(19-28)20-29(43)18-24-5-7-25(8-6-24)31-21-30-33(39-31)36-23-37-34(30)41-14-16-45-17-15-41;1-24(5-4-12-40(2)3)38-28-21-42(22-28)29-10-11-35-27(18-29)19-30(43)17-25-6-8-26(9-7-25)32-20-31-33(39-32)36-23-37-34(31)41-13-15-44-16-14-41/h6-11,17,19,21,24,28H,4-5,12-16,18,20,22-23H2,1-3H3,(H,40,46)(H,38,39,41);3-9,11,19,21,23,26H,10,12-18,20,22H2,1-2H3,(H,38,44)(H,36,37,39);4-11,18,20,23,28,38H,1,12-17,19,21-22H2,2-3H3,(H,36,37,39)/b25-17+;4-3+;5-4+. The van der Waals surface area contributed by atoms with Crippen molar-refractivity contribution in [1.82, 2.24) is 90.5 Å². The summed E-state index contributed by atoms with van der Waals surface area (Å²) in [5, 5.41) is 12.7. The fraction of sp³-hybridized carbons (Fsp3) is 0.385. The Kier molecular flexibility index (Phi) is 32.3. The highest BCUT2D eigenvalue weighted by Crippen LogP contribution is 2.35. The lowest BCUT2D eigenvalue weighted by Gasteiger charge is -2.42. The van der Waals surface area contributed by atoms with Crippen LogP contribution in [0.1, 0.15) is 60.0 Å². The fourth-order valence-electron chi connectivity index (χ4n) is 18.1. The van der Waals surface area contributed by atoms with E-state index in [4.69, 9.17) is 14.2 Å². The third kappa shape index (κ3) is 26.2. The van der Waals surface area contributed by atoms with Gasteiger partial charge in [-0.25, -0.2) is 29.9 Å². The van der Waals surface area contributed by atoms with Crippen molar-refractivity contribution in [3.63, 3.8) is 0 Å². The van der Waals surface area contributed by atoms with Gasteiger partial charge in [0.25, 0.3) is 0 Å². The summed E-state index contributed by atoms with van der Waals surface area (Å²) in [6.07, 6.45) is 24.1. The highest BCUT2D eigenvalue weighted by molar-refractivity contribution is 5.95. The minimum absolute atomic E-state index is 0.0428. The van der Waals surface area contributed by atoms with Gasteiger partial charge in [-0.1, -0.05) is 97.1 Å². The fourth-order valence-corrected chi connectivity index (χ4v) is 18.1. The molecule has 0 bridgehead atoms. The van der Waals surface area contributed by atoms with Crippen molar-refractivity contribution in [3.05, 3.63) is 247 Å². The number of aromatic amines is 3. The molecule has 32 heteroatoms. The van der Waals surface area contributed by atoms with Gasteiger partial charge in [-0.2, -0.15) is 0 Å². The predicted molar refractivity (Wildman–Crippen MR) is 535 cm³/mol. The number of Topliss-reactive ketones (excluding diaryl/α,β-unsaturated/α-hetero) is 3. The van der Waals surface area contributed by atoms with Crippen molar-refractivity contribution in [2.75, 3.05) is 209 Å². The van der Waals surface area contributed by atoms with Crippen molar-refractivity contribution in [2.24, 2.45) is 0 Å². The summed E-state index contributed by atoms with van der Waals surface area (Å²) in [7, 11) is 12.0. The molecule has 6 saturated heterocycles. The summed E-state index contributed by atoms with van der Waals surface area (Å²) < 4.78 is 16.5. The van der Waals surface area contributed by atoms with E-state index in [0.717, 1.165) is 264 Å². The molecule has 6 fully saturated rings. The zero-order valence-corrected chi connectivity index (χ0v) is 78.9. The Morgan fingerprint density at radius 3 is 1.16 bits per heavy atom. The number of nitrogens with zero attached hydrogens (tertiary/aromatic N) is 18. The maximum atomic E-state index is 13.1. The van der Waals surface area contributed by atoms with Gasteiger partial charge in [0.1, 0.15) is 70.7 Å². The van der Waals surface area contributed by atoms with E-state index in [1.807, 2.05) is 168 Å². The van der Waals surface area contributed by atoms with E-state index in [2.05, 4.69) is 153 Å². The summed E-state index contributed by atoms with van der Waals surface area (Å²) in [6.45, 7) is 22.5. The van der Waals surface area contributed by atoms with Crippen molar-refractivity contribution in [3.8, 4) is 33.8 Å². The summed E-state index contributed by atoms with van der Waals surface area (Å²) in [5.74, 6) is 3.03. The van der Waals surface area contributed by atoms with Crippen molar-refractivity contribution in [2.45, 2.75) is 82.8 Å². The molecule has 0 aliphatic carbocycles. The second-order valence-electron chi connectivity index (χ2n) is 36.6. The molecular formula is C104H124N24O8. The Morgan fingerprint density at radius 2 is 0.765 bits per heavy atom. The number of carbonyl (C=O) groups is 5. The molecule has 0 spiro atoms. The van der Waals surface area contributed by atoms with Crippen LogP contribution < -0.4 is 45.3 Å². The number of nitrogens with one attached hydrogen (secondary N) is 6. The Balaban J connectivity index is 0.000000148. The third-order valence-corrected chi connectivity index (χ3v) is 24.8. The number of ketones is 3. The summed E-state index contributed by atoms with van der Waals surface area (Å²) in [6, 6.07) is 43.1. The molecule has 2 unspecified atom stereocenters. The second kappa shape index (κ2) is 46.0. The first kappa shape index (κ1) is 95.4. The number of pyridine rings is 3. The Bertz CT molecular complexity index is 6200. The molecule has 136 heavy (non-hydrogen) atoms. The van der Waals surface area contributed by atoms with Crippen LogP contribution in [0.4, 0.5) is 34.5 Å². The SMILES string of the molecule is C/C(=C\C(=O)NC1CCCN(c2ccnc(CC(=O)Cc3ccc(-c4cc5c(N6CCOCC6)ncnc5[nH]4)cc3)c2)C1)CN(C)C.C=C(/C=C/CN(C)C)NC1CN(c2ccnc(CC(=O)Cc3ccc(-c4cc5c(N6CCOCC6)ncnc5[nH]4)cc3)c2)C1.CN(C)C/C=C/C(=O)NC1CCN(c2ccnc(CC(=O)Cc3ccc(-c4cc5c(N6CCOCC6)ncnc5[nH]4)cc3)c2)C1. The average molecular weight is 1840 g/mol. The Labute approximate surface area is 794 Å². The van der Waals surface area contributed by atoms with Crippen LogP contribution in [0.15, 0.2) is 213 Å². The lowest BCUT2D eigenvalue weighted by Crippen LogP contribution is -2.57. The van der Waals surface area contributed by atoms with Gasteiger partial charge in [0.15, 0.2) is 0 Å². The zero-order valence-electron chi connectivity index (χ0n) is 78.9.